The number of piperazine rings is 1. The van der Waals surface area contributed by atoms with Gasteiger partial charge in [-0.05, 0) is 50.2 Å². The predicted molar refractivity (Wildman–Crippen MR) is 124 cm³/mol. The average molecular weight is 467 g/mol. The Labute approximate surface area is 191 Å². The van der Waals surface area contributed by atoms with Crippen molar-refractivity contribution in [1.82, 2.24) is 24.1 Å². The molecule has 0 radical (unpaired) electrons. The van der Waals surface area contributed by atoms with E-state index in [1.165, 1.54) is 16.4 Å². The van der Waals surface area contributed by atoms with Gasteiger partial charge in [0.05, 0.1) is 21.7 Å². The fraction of sp³-hybridized carbons (Fsp3) is 0.261. The summed E-state index contributed by atoms with van der Waals surface area (Å²) in [6.45, 7) is 5.41. The Morgan fingerprint density at radius 1 is 0.879 bits per heavy atom. The van der Waals surface area contributed by atoms with Crippen molar-refractivity contribution in [2.45, 2.75) is 18.7 Å². The molecule has 1 saturated heterocycles. The van der Waals surface area contributed by atoms with Crippen LogP contribution >= 0.6 is 0 Å². The molecule has 0 spiro atoms. The normalized spacial score (nSPS) is 15.3. The lowest BCUT2D eigenvalue weighted by atomic mass is 10.2. The van der Waals surface area contributed by atoms with Crippen LogP contribution in [0.3, 0.4) is 0 Å². The fourth-order valence-corrected chi connectivity index (χ4v) is 5.58. The Morgan fingerprint density at radius 3 is 2.21 bits per heavy atom. The molecular formula is C23H23FN6O2S. The maximum atomic E-state index is 13.4. The highest BCUT2D eigenvalue weighted by Crippen LogP contribution is 2.30. The Morgan fingerprint density at radius 2 is 1.55 bits per heavy atom. The zero-order chi connectivity index (χ0) is 23.2. The third kappa shape index (κ3) is 3.85. The smallest absolute Gasteiger partial charge is 0.243 e. The summed E-state index contributed by atoms with van der Waals surface area (Å²) in [6.07, 6.45) is 0. The van der Waals surface area contributed by atoms with Crippen LogP contribution in [0.2, 0.25) is 0 Å². The minimum atomic E-state index is -3.54. The molecule has 10 heteroatoms. The number of hydrogen-bond donors (Lipinski definition) is 0. The highest BCUT2D eigenvalue weighted by Gasteiger charge is 2.30. The van der Waals surface area contributed by atoms with Crippen LogP contribution < -0.4 is 4.90 Å². The molecule has 1 aliphatic rings. The summed E-state index contributed by atoms with van der Waals surface area (Å²) in [5.74, 6) is 1.00. The number of benzene rings is 2. The molecule has 0 aliphatic carbocycles. The van der Waals surface area contributed by atoms with Crippen molar-refractivity contribution in [3.63, 3.8) is 0 Å². The Bertz CT molecular complexity index is 1410. The second-order valence-electron chi connectivity index (χ2n) is 7.97. The molecule has 5 rings (SSSR count). The van der Waals surface area contributed by atoms with E-state index in [0.29, 0.717) is 48.2 Å². The number of sulfonamides is 1. The number of fused-ring (bicyclic) bond motifs is 1. The first-order valence-corrected chi connectivity index (χ1v) is 12.1. The standard InChI is InChI=1S/C23H23FN6O2S/c1-16-21-22(25-17(2)26-23(21)30(27-16)19-10-8-18(24)9-11-19)28-12-14-29(15-13-28)33(31,32)20-6-4-3-5-7-20/h3-11H,12-15H2,1-2H3. The van der Waals surface area contributed by atoms with Crippen molar-refractivity contribution >= 4 is 26.9 Å². The first-order valence-electron chi connectivity index (χ1n) is 10.6. The summed E-state index contributed by atoms with van der Waals surface area (Å²) in [5, 5.41) is 5.45. The Kier molecular flexibility index (Phi) is 5.34. The number of aryl methyl sites for hydroxylation is 2. The summed E-state index contributed by atoms with van der Waals surface area (Å²) >= 11 is 0. The summed E-state index contributed by atoms with van der Waals surface area (Å²) < 4.78 is 42.6. The summed E-state index contributed by atoms with van der Waals surface area (Å²) in [4.78, 5) is 11.7. The quantitative estimate of drug-likeness (QED) is 0.460. The van der Waals surface area contributed by atoms with E-state index in [1.807, 2.05) is 13.8 Å². The number of hydrogen-bond acceptors (Lipinski definition) is 6. The maximum absolute atomic E-state index is 13.4. The van der Waals surface area contributed by atoms with Crippen LogP contribution in [0, 0.1) is 19.7 Å². The van der Waals surface area contributed by atoms with Crippen LogP contribution in [-0.4, -0.2) is 58.7 Å². The maximum Gasteiger partial charge on any atom is 0.243 e. The lowest BCUT2D eigenvalue weighted by Crippen LogP contribution is -2.49. The van der Waals surface area contributed by atoms with Gasteiger partial charge in [0.15, 0.2) is 5.65 Å². The monoisotopic (exact) mass is 466 g/mol. The van der Waals surface area contributed by atoms with Crippen LogP contribution in [0.25, 0.3) is 16.7 Å². The van der Waals surface area contributed by atoms with E-state index in [1.54, 1.807) is 47.1 Å². The van der Waals surface area contributed by atoms with Gasteiger partial charge in [-0.1, -0.05) is 18.2 Å². The van der Waals surface area contributed by atoms with Gasteiger partial charge in [0.1, 0.15) is 17.5 Å². The van der Waals surface area contributed by atoms with Crippen LogP contribution in [-0.2, 0) is 10.0 Å². The molecule has 0 unspecified atom stereocenters. The molecule has 2 aromatic carbocycles. The molecule has 170 valence electrons. The summed E-state index contributed by atoms with van der Waals surface area (Å²) in [7, 11) is -3.54. The zero-order valence-corrected chi connectivity index (χ0v) is 19.1. The van der Waals surface area contributed by atoms with Crippen LogP contribution in [0.1, 0.15) is 11.5 Å². The second kappa shape index (κ2) is 8.20. The average Bonchev–Trinajstić information content (AvgIpc) is 3.15. The van der Waals surface area contributed by atoms with Gasteiger partial charge in [0, 0.05) is 26.2 Å². The van der Waals surface area contributed by atoms with E-state index in [9.17, 15) is 12.8 Å². The van der Waals surface area contributed by atoms with Gasteiger partial charge >= 0.3 is 0 Å². The molecule has 0 bridgehead atoms. The van der Waals surface area contributed by atoms with E-state index < -0.39 is 10.0 Å². The molecule has 1 fully saturated rings. The van der Waals surface area contributed by atoms with Gasteiger partial charge in [-0.3, -0.25) is 0 Å². The highest BCUT2D eigenvalue weighted by molar-refractivity contribution is 7.89. The van der Waals surface area contributed by atoms with Crippen molar-refractivity contribution in [1.29, 1.82) is 0 Å². The number of anilines is 1. The Hall–Kier alpha value is -3.37. The van der Waals surface area contributed by atoms with Crippen LogP contribution in [0.15, 0.2) is 59.5 Å². The van der Waals surface area contributed by atoms with Gasteiger partial charge in [0.25, 0.3) is 0 Å². The number of rotatable bonds is 4. The molecule has 8 nitrogen and oxygen atoms in total. The Balaban J connectivity index is 1.47. The first kappa shape index (κ1) is 21.5. The molecule has 3 heterocycles. The van der Waals surface area contributed by atoms with Gasteiger partial charge in [-0.2, -0.15) is 9.40 Å². The van der Waals surface area contributed by atoms with Gasteiger partial charge in [-0.15, -0.1) is 0 Å². The van der Waals surface area contributed by atoms with Crippen molar-refractivity contribution < 1.29 is 12.8 Å². The minimum absolute atomic E-state index is 0.301. The molecule has 0 N–H and O–H groups in total. The highest BCUT2D eigenvalue weighted by atomic mass is 32.2. The van der Waals surface area contributed by atoms with E-state index in [-0.39, 0.29) is 5.82 Å². The van der Waals surface area contributed by atoms with E-state index in [2.05, 4.69) is 20.0 Å². The summed E-state index contributed by atoms with van der Waals surface area (Å²) in [6, 6.07) is 14.6. The molecule has 0 amide bonds. The number of halogens is 1. The SMILES string of the molecule is Cc1nc(N2CCN(S(=O)(=O)c3ccccc3)CC2)c2c(C)nn(-c3ccc(F)cc3)c2n1. The third-order valence-electron chi connectivity index (χ3n) is 5.79. The van der Waals surface area contributed by atoms with E-state index in [0.717, 1.165) is 16.9 Å². The lowest BCUT2D eigenvalue weighted by Gasteiger charge is -2.35. The topological polar surface area (TPSA) is 84.2 Å². The summed E-state index contributed by atoms with van der Waals surface area (Å²) in [5.41, 5.74) is 2.10. The van der Waals surface area contributed by atoms with Crippen LogP contribution in [0.5, 0.6) is 0 Å². The molecule has 4 aromatic rings. The van der Waals surface area contributed by atoms with E-state index in [4.69, 9.17) is 0 Å². The predicted octanol–water partition coefficient (Wildman–Crippen LogP) is 3.08. The van der Waals surface area contributed by atoms with Gasteiger partial charge in [-0.25, -0.2) is 27.5 Å². The second-order valence-corrected chi connectivity index (χ2v) is 9.91. The number of aromatic nitrogens is 4. The first-order chi connectivity index (χ1) is 15.8. The van der Waals surface area contributed by atoms with Crippen LogP contribution in [0.4, 0.5) is 10.2 Å². The molecule has 0 atom stereocenters. The van der Waals surface area contributed by atoms with Gasteiger partial charge < -0.3 is 4.90 Å². The largest absolute Gasteiger partial charge is 0.353 e. The van der Waals surface area contributed by atoms with Crippen molar-refractivity contribution in [2.24, 2.45) is 0 Å². The molecule has 2 aromatic heterocycles. The number of nitrogens with zero attached hydrogens (tertiary/aromatic N) is 6. The van der Waals surface area contributed by atoms with E-state index >= 15 is 0 Å². The van der Waals surface area contributed by atoms with Gasteiger partial charge in [0.2, 0.25) is 10.0 Å². The molecule has 0 saturated carbocycles. The van der Waals surface area contributed by atoms with Crippen molar-refractivity contribution in [2.75, 3.05) is 31.1 Å². The minimum Gasteiger partial charge on any atom is -0.353 e. The molecular weight excluding hydrogens is 443 g/mol. The zero-order valence-electron chi connectivity index (χ0n) is 18.3. The fourth-order valence-electron chi connectivity index (χ4n) is 4.14. The van der Waals surface area contributed by atoms with Crippen molar-refractivity contribution in [3.05, 3.63) is 71.9 Å². The lowest BCUT2D eigenvalue weighted by molar-refractivity contribution is 0.384. The molecule has 33 heavy (non-hydrogen) atoms. The third-order valence-corrected chi connectivity index (χ3v) is 7.70. The van der Waals surface area contributed by atoms with Crippen molar-refractivity contribution in [3.8, 4) is 5.69 Å². The molecule has 1 aliphatic heterocycles.